The fourth-order valence-corrected chi connectivity index (χ4v) is 9.61. The molecule has 5 fully saturated rings. The highest BCUT2D eigenvalue weighted by Crippen LogP contribution is 2.65. The monoisotopic (exact) mass is 882 g/mol. The molecule has 2 aromatic rings. The Kier molecular flexibility index (Phi) is 13.5. The van der Waals surface area contributed by atoms with Gasteiger partial charge in [-0.25, -0.2) is 9.59 Å². The largest absolute Gasteiger partial charge is 0.496 e. The minimum atomic E-state index is -1.61. The number of carbonyl (C=O) groups is 6. The van der Waals surface area contributed by atoms with Crippen molar-refractivity contribution in [2.75, 3.05) is 47.6 Å². The molecule has 2 N–H and O–H groups in total. The Hall–Kier alpha value is -5.07. The highest BCUT2D eigenvalue weighted by atomic mass is 35.5. The second kappa shape index (κ2) is 18.0. The first kappa shape index (κ1) is 46.4. The molecule has 0 aromatic heterocycles. The maximum Gasteiger partial charge on any atom is 0.482 e. The van der Waals surface area contributed by atoms with Crippen LogP contribution in [0.15, 0.2) is 30.3 Å². The third kappa shape index (κ3) is 8.91. The molecule has 2 bridgehead atoms. The summed E-state index contributed by atoms with van der Waals surface area (Å²) >= 11 is 6.89. The van der Waals surface area contributed by atoms with Gasteiger partial charge in [0.2, 0.25) is 5.91 Å². The molecule has 6 atom stereocenters. The van der Waals surface area contributed by atoms with Crippen LogP contribution in [-0.2, 0) is 44.4 Å². The van der Waals surface area contributed by atoms with E-state index in [0.29, 0.717) is 16.4 Å². The Balaban J connectivity index is 1.36. The van der Waals surface area contributed by atoms with E-state index in [1.165, 1.54) is 33.5 Å². The van der Waals surface area contributed by atoms with Crippen LogP contribution >= 0.6 is 11.6 Å². The molecule has 2 aromatic carbocycles. The molecule has 5 amide bonds. The van der Waals surface area contributed by atoms with E-state index in [1.54, 1.807) is 45.9 Å². The molecule has 17 nitrogen and oxygen atoms in total. The van der Waals surface area contributed by atoms with E-state index >= 15 is 0 Å². The van der Waals surface area contributed by atoms with Crippen molar-refractivity contribution >= 4 is 54.4 Å². The van der Waals surface area contributed by atoms with E-state index in [4.69, 9.17) is 44.6 Å². The maximum atomic E-state index is 15.0. The van der Waals surface area contributed by atoms with Crippen molar-refractivity contribution in [1.29, 1.82) is 0 Å². The van der Waals surface area contributed by atoms with E-state index < -0.39 is 72.5 Å². The lowest BCUT2D eigenvalue weighted by Crippen LogP contribution is -2.65. The Morgan fingerprint density at radius 3 is 2.29 bits per heavy atom. The number of nitrogens with one attached hydrogen (secondary N) is 2. The number of hydrogen-bond donors (Lipinski definition) is 2. The SMILES string of the molecule is CCOC(=O)CN1CCN(C(=O)NC(C(=O)N[C@@H](Cc2cccc(C(=O)OC(C)(C)C)c2OC)B2O[C@@H]3C[C@@H]4C[C@@H](C4(C)C)[C@]3(C)O2)c2ccc(OC)c(OC)c2Cl)C(=O)C1=O. The average Bonchev–Trinajstić information content (AvgIpc) is 3.58. The van der Waals surface area contributed by atoms with Crippen LogP contribution in [0, 0.1) is 17.3 Å². The number of rotatable bonds is 14. The predicted octanol–water partition coefficient (Wildman–Crippen LogP) is 4.30. The van der Waals surface area contributed by atoms with Gasteiger partial charge in [0.1, 0.15) is 29.5 Å². The number of esters is 2. The molecular formula is C43H56BClN4O13. The summed E-state index contributed by atoms with van der Waals surface area (Å²) in [6.07, 6.45) is 1.48. The number of ether oxygens (including phenoxy) is 5. The zero-order valence-electron chi connectivity index (χ0n) is 36.9. The van der Waals surface area contributed by atoms with Crippen molar-refractivity contribution in [3.63, 3.8) is 0 Å². The minimum Gasteiger partial charge on any atom is -0.496 e. The number of carbonyl (C=O) groups excluding carboxylic acids is 6. The summed E-state index contributed by atoms with van der Waals surface area (Å²) in [5, 5.41) is 5.58. The molecule has 62 heavy (non-hydrogen) atoms. The molecule has 19 heteroatoms. The number of hydrogen-bond acceptors (Lipinski definition) is 13. The van der Waals surface area contributed by atoms with Gasteiger partial charge in [0.05, 0.1) is 50.6 Å². The van der Waals surface area contributed by atoms with Crippen molar-refractivity contribution in [2.24, 2.45) is 17.3 Å². The van der Waals surface area contributed by atoms with Gasteiger partial charge in [0, 0.05) is 18.7 Å². The lowest BCUT2D eigenvalue weighted by Gasteiger charge is -2.64. The molecule has 3 saturated carbocycles. The van der Waals surface area contributed by atoms with E-state index in [1.807, 2.05) is 6.92 Å². The average molecular weight is 883 g/mol. The lowest BCUT2D eigenvalue weighted by atomic mass is 9.43. The summed E-state index contributed by atoms with van der Waals surface area (Å²) in [6, 6.07) is 5.30. The van der Waals surface area contributed by atoms with E-state index in [0.717, 1.165) is 17.7 Å². The molecule has 2 aliphatic heterocycles. The quantitative estimate of drug-likeness (QED) is 0.155. The van der Waals surface area contributed by atoms with Gasteiger partial charge in [-0.3, -0.25) is 24.1 Å². The zero-order valence-corrected chi connectivity index (χ0v) is 37.6. The molecule has 336 valence electrons. The fraction of sp³-hybridized carbons (Fsp3) is 0.581. The molecule has 2 heterocycles. The van der Waals surface area contributed by atoms with Crippen molar-refractivity contribution in [1.82, 2.24) is 20.4 Å². The van der Waals surface area contributed by atoms with Crippen LogP contribution in [0.3, 0.4) is 0 Å². The van der Waals surface area contributed by atoms with E-state index in [9.17, 15) is 28.8 Å². The number of para-hydroxylation sites is 1. The summed E-state index contributed by atoms with van der Waals surface area (Å²) in [6.45, 7) is 12.5. The number of nitrogens with zero attached hydrogens (tertiary/aromatic N) is 2. The Morgan fingerprint density at radius 1 is 0.952 bits per heavy atom. The van der Waals surface area contributed by atoms with Gasteiger partial charge >= 0.3 is 36.9 Å². The number of piperazine rings is 1. The number of halogens is 1. The number of benzene rings is 2. The first-order valence-corrected chi connectivity index (χ1v) is 21.1. The van der Waals surface area contributed by atoms with Gasteiger partial charge in [-0.2, -0.15) is 0 Å². The van der Waals surface area contributed by atoms with Crippen LogP contribution in [0.25, 0.3) is 0 Å². The van der Waals surface area contributed by atoms with Crippen LogP contribution in [-0.4, -0.2) is 123 Å². The molecule has 0 spiro atoms. The zero-order chi connectivity index (χ0) is 45.5. The van der Waals surface area contributed by atoms with Gasteiger partial charge in [0.15, 0.2) is 11.5 Å². The third-order valence-electron chi connectivity index (χ3n) is 12.5. The summed E-state index contributed by atoms with van der Waals surface area (Å²) in [5.74, 6) is -4.24. The predicted molar refractivity (Wildman–Crippen MR) is 225 cm³/mol. The molecule has 7 rings (SSSR count). The fourth-order valence-electron chi connectivity index (χ4n) is 9.26. The Morgan fingerprint density at radius 2 is 1.66 bits per heavy atom. The highest BCUT2D eigenvalue weighted by Gasteiger charge is 2.68. The Bertz CT molecular complexity index is 2110. The second-order valence-corrected chi connectivity index (χ2v) is 18.1. The van der Waals surface area contributed by atoms with Crippen LogP contribution in [0.5, 0.6) is 17.2 Å². The smallest absolute Gasteiger partial charge is 0.482 e. The third-order valence-corrected chi connectivity index (χ3v) is 12.9. The summed E-state index contributed by atoms with van der Waals surface area (Å²) in [5.41, 5.74) is -0.709. The minimum absolute atomic E-state index is 0.00980. The van der Waals surface area contributed by atoms with Crippen LogP contribution < -0.4 is 24.8 Å². The normalized spacial score (nSPS) is 23.7. The van der Waals surface area contributed by atoms with Crippen molar-refractivity contribution in [2.45, 2.75) is 97.0 Å². The highest BCUT2D eigenvalue weighted by molar-refractivity contribution is 6.48. The summed E-state index contributed by atoms with van der Waals surface area (Å²) < 4.78 is 40.9. The molecule has 1 unspecified atom stereocenters. The van der Waals surface area contributed by atoms with Gasteiger partial charge in [-0.05, 0) is 88.8 Å². The van der Waals surface area contributed by atoms with Gasteiger partial charge < -0.3 is 48.5 Å². The molecule has 0 radical (unpaired) electrons. The Labute approximate surface area is 366 Å². The number of methoxy groups -OCH3 is 3. The summed E-state index contributed by atoms with van der Waals surface area (Å²) in [4.78, 5) is 82.6. The van der Waals surface area contributed by atoms with E-state index in [-0.39, 0.29) is 77.0 Å². The molecule has 2 saturated heterocycles. The first-order valence-electron chi connectivity index (χ1n) is 20.7. The topological polar surface area (TPSA) is 198 Å². The van der Waals surface area contributed by atoms with Crippen LogP contribution in [0.2, 0.25) is 5.02 Å². The van der Waals surface area contributed by atoms with Gasteiger partial charge in [-0.1, -0.05) is 43.6 Å². The second-order valence-electron chi connectivity index (χ2n) is 17.7. The van der Waals surface area contributed by atoms with Crippen molar-refractivity contribution in [3.8, 4) is 17.2 Å². The lowest BCUT2D eigenvalue weighted by molar-refractivity contribution is -0.199. The van der Waals surface area contributed by atoms with Gasteiger partial charge in [0.25, 0.3) is 0 Å². The molecule has 5 aliphatic rings. The number of urea groups is 1. The van der Waals surface area contributed by atoms with Crippen molar-refractivity contribution < 1.29 is 61.8 Å². The van der Waals surface area contributed by atoms with E-state index in [2.05, 4.69) is 24.5 Å². The molecule has 3 aliphatic carbocycles. The number of imide groups is 1. The molecular weight excluding hydrogens is 827 g/mol. The first-order chi connectivity index (χ1) is 29.2. The maximum absolute atomic E-state index is 15.0. The van der Waals surface area contributed by atoms with Crippen LogP contribution in [0.4, 0.5) is 4.79 Å². The van der Waals surface area contributed by atoms with Crippen LogP contribution in [0.1, 0.15) is 88.8 Å². The van der Waals surface area contributed by atoms with Crippen molar-refractivity contribution in [3.05, 3.63) is 52.0 Å². The number of amides is 5. The standard InChI is InChI=1S/C43H56BClN4O13/c1-11-59-31(50)22-48-17-18-49(38(53)37(48)52)40(55)47-33(25-15-16-27(56-8)35(58-10)32(25)45)36(51)46-30(44-61-29-21-24-20-28(42(24,5)6)43(29,7)62-44)19-23-13-12-14-26(34(23)57-9)39(54)60-41(2,3)4/h12-16,24,28-30,33H,11,17-22H2,1-10H3,(H,46,51)(H,47,55)/t24-,28-,29+,30-,33?,43-/m0/s1. The summed E-state index contributed by atoms with van der Waals surface area (Å²) in [7, 11) is 3.19. The van der Waals surface area contributed by atoms with Gasteiger partial charge in [-0.15, -0.1) is 0 Å².